The molecule has 7 nitrogen and oxygen atoms in total. The number of amides is 1. The zero-order valence-corrected chi connectivity index (χ0v) is 15.1. The molecule has 8 heteroatoms. The van der Waals surface area contributed by atoms with Gasteiger partial charge >= 0.3 is 0 Å². The summed E-state index contributed by atoms with van der Waals surface area (Å²) in [5, 5.41) is 7.97. The molecule has 0 aliphatic heterocycles. The molecule has 1 unspecified atom stereocenters. The predicted octanol–water partition coefficient (Wildman–Crippen LogP) is 1.60. The normalized spacial score (nSPS) is 12.8. The summed E-state index contributed by atoms with van der Waals surface area (Å²) >= 11 is 0. The molecule has 3 rings (SSSR count). The average Bonchev–Trinajstić information content (AvgIpc) is 3.04. The topological polar surface area (TPSA) is 107 Å². The molecule has 0 fully saturated rings. The molecule has 2 aromatic carbocycles. The molecule has 26 heavy (non-hydrogen) atoms. The molecule has 136 valence electrons. The Morgan fingerprint density at radius 3 is 2.58 bits per heavy atom. The number of fused-ring (bicyclic) bond motifs is 1. The molecular weight excluding hydrogens is 352 g/mol. The number of primary sulfonamides is 1. The fraction of sp³-hybridized carbons (Fsp3) is 0.222. The van der Waals surface area contributed by atoms with Gasteiger partial charge in [0.2, 0.25) is 15.9 Å². The number of carbonyl (C=O) groups excluding carboxylic acids is 1. The lowest BCUT2D eigenvalue weighted by atomic mass is 10.1. The average molecular weight is 372 g/mol. The van der Waals surface area contributed by atoms with Crippen molar-refractivity contribution in [2.24, 2.45) is 5.14 Å². The van der Waals surface area contributed by atoms with E-state index < -0.39 is 10.0 Å². The van der Waals surface area contributed by atoms with Crippen molar-refractivity contribution in [2.75, 3.05) is 6.54 Å². The highest BCUT2D eigenvalue weighted by molar-refractivity contribution is 7.89. The third-order valence-corrected chi connectivity index (χ3v) is 5.17. The van der Waals surface area contributed by atoms with Crippen LogP contribution in [-0.4, -0.2) is 30.4 Å². The SMILES string of the molecule is CC(C(=O)NCCc1ccc(S(N)(=O)=O)cc1)n1cnc2ccccc21. The lowest BCUT2D eigenvalue weighted by molar-refractivity contribution is -0.123. The fourth-order valence-electron chi connectivity index (χ4n) is 2.74. The molecule has 0 aliphatic rings. The molecule has 0 bridgehead atoms. The van der Waals surface area contributed by atoms with Gasteiger partial charge in [-0.1, -0.05) is 24.3 Å². The van der Waals surface area contributed by atoms with E-state index in [9.17, 15) is 13.2 Å². The van der Waals surface area contributed by atoms with Crippen LogP contribution < -0.4 is 10.5 Å². The number of nitrogens with one attached hydrogen (secondary N) is 1. The number of para-hydroxylation sites is 2. The zero-order chi connectivity index (χ0) is 18.7. The molecule has 0 spiro atoms. The van der Waals surface area contributed by atoms with E-state index in [1.54, 1.807) is 18.5 Å². The Balaban J connectivity index is 1.58. The molecule has 1 amide bonds. The third-order valence-electron chi connectivity index (χ3n) is 4.24. The largest absolute Gasteiger partial charge is 0.354 e. The van der Waals surface area contributed by atoms with Gasteiger partial charge in [0.05, 0.1) is 22.3 Å². The Kier molecular flexibility index (Phi) is 5.06. The molecule has 0 aliphatic carbocycles. The summed E-state index contributed by atoms with van der Waals surface area (Å²) in [5.41, 5.74) is 2.68. The van der Waals surface area contributed by atoms with E-state index >= 15 is 0 Å². The van der Waals surface area contributed by atoms with E-state index in [0.29, 0.717) is 13.0 Å². The molecule has 0 radical (unpaired) electrons. The summed E-state index contributed by atoms with van der Waals surface area (Å²) < 4.78 is 24.3. The van der Waals surface area contributed by atoms with E-state index in [1.165, 1.54) is 12.1 Å². The number of imidazole rings is 1. The van der Waals surface area contributed by atoms with Gasteiger partial charge in [0.1, 0.15) is 6.04 Å². The van der Waals surface area contributed by atoms with Crippen molar-refractivity contribution in [3.8, 4) is 0 Å². The van der Waals surface area contributed by atoms with E-state index in [2.05, 4.69) is 10.3 Å². The van der Waals surface area contributed by atoms with E-state index in [4.69, 9.17) is 5.14 Å². The van der Waals surface area contributed by atoms with Gasteiger partial charge in [-0.3, -0.25) is 4.79 Å². The highest BCUT2D eigenvalue weighted by atomic mass is 32.2. The van der Waals surface area contributed by atoms with Crippen LogP contribution in [0.1, 0.15) is 18.5 Å². The van der Waals surface area contributed by atoms with Crippen molar-refractivity contribution >= 4 is 27.0 Å². The molecule has 0 saturated heterocycles. The molecule has 3 N–H and O–H groups in total. The Hall–Kier alpha value is -2.71. The minimum absolute atomic E-state index is 0.0749. The summed E-state index contributed by atoms with van der Waals surface area (Å²) in [4.78, 5) is 16.8. The molecule has 1 aromatic heterocycles. The first-order chi connectivity index (χ1) is 12.4. The number of sulfonamides is 1. The quantitative estimate of drug-likeness (QED) is 0.685. The van der Waals surface area contributed by atoms with Crippen molar-refractivity contribution in [3.05, 3.63) is 60.4 Å². The van der Waals surface area contributed by atoms with Crippen LogP contribution in [0.3, 0.4) is 0 Å². The minimum atomic E-state index is -3.69. The van der Waals surface area contributed by atoms with Crippen molar-refractivity contribution in [1.82, 2.24) is 14.9 Å². The maximum Gasteiger partial charge on any atom is 0.242 e. The second-order valence-electron chi connectivity index (χ2n) is 6.05. The number of rotatable bonds is 6. The van der Waals surface area contributed by atoms with Gasteiger partial charge in [-0.15, -0.1) is 0 Å². The molecule has 3 aromatic rings. The summed E-state index contributed by atoms with van der Waals surface area (Å²) in [6.07, 6.45) is 2.26. The van der Waals surface area contributed by atoms with Crippen molar-refractivity contribution in [3.63, 3.8) is 0 Å². The van der Waals surface area contributed by atoms with Gasteiger partial charge in [0, 0.05) is 6.54 Å². The number of carbonyl (C=O) groups is 1. The maximum atomic E-state index is 12.4. The Labute approximate surface area is 151 Å². The highest BCUT2D eigenvalue weighted by Gasteiger charge is 2.16. The first-order valence-corrected chi connectivity index (χ1v) is 9.72. The van der Waals surface area contributed by atoms with Crippen LogP contribution in [-0.2, 0) is 21.2 Å². The fourth-order valence-corrected chi connectivity index (χ4v) is 3.25. The smallest absolute Gasteiger partial charge is 0.242 e. The lowest BCUT2D eigenvalue weighted by Gasteiger charge is -2.14. The van der Waals surface area contributed by atoms with Crippen molar-refractivity contribution < 1.29 is 13.2 Å². The van der Waals surface area contributed by atoms with Gasteiger partial charge in [0.25, 0.3) is 0 Å². The highest BCUT2D eigenvalue weighted by Crippen LogP contribution is 2.17. The van der Waals surface area contributed by atoms with E-state index in [-0.39, 0.29) is 16.8 Å². The van der Waals surface area contributed by atoms with Gasteiger partial charge in [-0.05, 0) is 43.2 Å². The van der Waals surface area contributed by atoms with Crippen LogP contribution in [0, 0.1) is 0 Å². The zero-order valence-electron chi connectivity index (χ0n) is 14.3. The van der Waals surface area contributed by atoms with Crippen LogP contribution in [0.25, 0.3) is 11.0 Å². The third kappa shape index (κ3) is 3.92. The summed E-state index contributed by atoms with van der Waals surface area (Å²) in [7, 11) is -3.69. The number of nitrogens with two attached hydrogens (primary N) is 1. The number of nitrogens with zero attached hydrogens (tertiary/aromatic N) is 2. The molecular formula is C18H20N4O3S. The standard InChI is InChI=1S/C18H20N4O3S/c1-13(22-12-21-16-4-2-3-5-17(16)22)18(23)20-11-10-14-6-8-15(9-7-14)26(19,24)25/h2-9,12-13H,10-11H2,1H3,(H,20,23)(H2,19,24,25). The minimum Gasteiger partial charge on any atom is -0.354 e. The van der Waals surface area contributed by atoms with Gasteiger partial charge in [-0.2, -0.15) is 0 Å². The summed E-state index contributed by atoms with van der Waals surface area (Å²) in [6.45, 7) is 2.27. The van der Waals surface area contributed by atoms with Crippen LogP contribution in [0.2, 0.25) is 0 Å². The van der Waals surface area contributed by atoms with Crippen molar-refractivity contribution in [1.29, 1.82) is 0 Å². The Morgan fingerprint density at radius 1 is 1.19 bits per heavy atom. The maximum absolute atomic E-state index is 12.4. The lowest BCUT2D eigenvalue weighted by Crippen LogP contribution is -2.32. The number of hydrogen-bond acceptors (Lipinski definition) is 4. The number of aromatic nitrogens is 2. The van der Waals surface area contributed by atoms with Crippen LogP contribution in [0.5, 0.6) is 0 Å². The summed E-state index contributed by atoms with van der Waals surface area (Å²) in [6, 6.07) is 13.6. The van der Waals surface area contributed by atoms with Gasteiger partial charge < -0.3 is 9.88 Å². The van der Waals surface area contributed by atoms with Crippen LogP contribution in [0.4, 0.5) is 0 Å². The van der Waals surface area contributed by atoms with Crippen LogP contribution in [0.15, 0.2) is 59.8 Å². The Bertz CT molecular complexity index is 1030. The molecule has 1 atom stereocenters. The van der Waals surface area contributed by atoms with E-state index in [1.807, 2.05) is 35.8 Å². The van der Waals surface area contributed by atoms with Gasteiger partial charge in [-0.25, -0.2) is 18.5 Å². The van der Waals surface area contributed by atoms with Crippen molar-refractivity contribution in [2.45, 2.75) is 24.3 Å². The second kappa shape index (κ2) is 7.27. The summed E-state index contributed by atoms with van der Waals surface area (Å²) in [5.74, 6) is -0.102. The first-order valence-electron chi connectivity index (χ1n) is 8.17. The monoisotopic (exact) mass is 372 g/mol. The van der Waals surface area contributed by atoms with Crippen LogP contribution >= 0.6 is 0 Å². The Morgan fingerprint density at radius 2 is 1.88 bits per heavy atom. The second-order valence-corrected chi connectivity index (χ2v) is 7.61. The number of hydrogen-bond donors (Lipinski definition) is 2. The predicted molar refractivity (Wildman–Crippen MR) is 99.0 cm³/mol. The molecule has 0 saturated carbocycles. The van der Waals surface area contributed by atoms with Gasteiger partial charge in [0.15, 0.2) is 0 Å². The first kappa shape index (κ1) is 18.1. The number of benzene rings is 2. The van der Waals surface area contributed by atoms with E-state index in [0.717, 1.165) is 16.6 Å². The molecule has 1 heterocycles.